The molecule has 0 radical (unpaired) electrons. The van der Waals surface area contributed by atoms with Gasteiger partial charge in [-0.25, -0.2) is 22.9 Å². The highest BCUT2D eigenvalue weighted by molar-refractivity contribution is 5.93. The van der Waals surface area contributed by atoms with Crippen LogP contribution >= 0.6 is 0 Å². The summed E-state index contributed by atoms with van der Waals surface area (Å²) in [5.74, 6) is -2.90. The number of alkyl carbamates (subject to hydrolysis) is 1. The molecule has 13 heteroatoms. The van der Waals surface area contributed by atoms with E-state index < -0.39 is 46.3 Å². The number of ether oxygens (including phenoxy) is 1. The SMILES string of the molecule is Cc1cc(F)ccc1-c1nc(NCCNC(=O)CNC(=O)OC(C)(C)C)nc2c1ccc(=O)n2-c1c(F)cccc1F. The molecule has 0 spiro atoms. The second-order valence-corrected chi connectivity index (χ2v) is 10.3. The number of aryl methyl sites for hydroxylation is 1. The number of rotatable bonds is 8. The number of hydrogen-bond acceptors (Lipinski definition) is 7. The topological polar surface area (TPSA) is 127 Å². The van der Waals surface area contributed by atoms with Gasteiger partial charge in [0.25, 0.3) is 5.56 Å². The third-order valence-corrected chi connectivity index (χ3v) is 5.88. The highest BCUT2D eigenvalue weighted by Gasteiger charge is 2.21. The summed E-state index contributed by atoms with van der Waals surface area (Å²) < 4.78 is 49.4. The second kappa shape index (κ2) is 12.3. The average molecular weight is 583 g/mol. The molecule has 4 aromatic rings. The van der Waals surface area contributed by atoms with Crippen LogP contribution in [0.1, 0.15) is 26.3 Å². The molecular weight excluding hydrogens is 553 g/mol. The van der Waals surface area contributed by atoms with Gasteiger partial charge in [0.15, 0.2) is 5.65 Å². The molecule has 0 aliphatic heterocycles. The van der Waals surface area contributed by atoms with E-state index in [2.05, 4.69) is 25.9 Å². The molecule has 3 N–H and O–H groups in total. The Morgan fingerprint density at radius 3 is 2.33 bits per heavy atom. The number of carbonyl (C=O) groups excluding carboxylic acids is 2. The van der Waals surface area contributed by atoms with Gasteiger partial charge in [0, 0.05) is 30.1 Å². The zero-order valence-corrected chi connectivity index (χ0v) is 23.3. The Kier molecular flexibility index (Phi) is 8.79. The van der Waals surface area contributed by atoms with Gasteiger partial charge >= 0.3 is 6.09 Å². The maximum atomic E-state index is 14.8. The zero-order valence-electron chi connectivity index (χ0n) is 23.3. The van der Waals surface area contributed by atoms with E-state index in [-0.39, 0.29) is 36.9 Å². The molecule has 220 valence electrons. The molecule has 0 saturated heterocycles. The summed E-state index contributed by atoms with van der Waals surface area (Å²) in [6.45, 7) is 6.65. The molecule has 0 fully saturated rings. The summed E-state index contributed by atoms with van der Waals surface area (Å²) in [5, 5.41) is 8.18. The largest absolute Gasteiger partial charge is 0.444 e. The van der Waals surface area contributed by atoms with Crippen molar-refractivity contribution >= 4 is 29.0 Å². The average Bonchev–Trinajstić information content (AvgIpc) is 2.89. The van der Waals surface area contributed by atoms with Crippen LogP contribution in [0.3, 0.4) is 0 Å². The Morgan fingerprint density at radius 1 is 0.952 bits per heavy atom. The monoisotopic (exact) mass is 582 g/mol. The van der Waals surface area contributed by atoms with Crippen LogP contribution in [0.5, 0.6) is 0 Å². The Morgan fingerprint density at radius 2 is 1.67 bits per heavy atom. The van der Waals surface area contributed by atoms with Crippen LogP contribution in [0.25, 0.3) is 28.0 Å². The molecule has 0 aliphatic carbocycles. The van der Waals surface area contributed by atoms with E-state index >= 15 is 0 Å². The molecule has 42 heavy (non-hydrogen) atoms. The minimum atomic E-state index is -0.972. The van der Waals surface area contributed by atoms with Crippen LogP contribution in [0.2, 0.25) is 0 Å². The van der Waals surface area contributed by atoms with Crippen molar-refractivity contribution in [3.8, 4) is 16.9 Å². The molecule has 0 atom stereocenters. The first-order valence-corrected chi connectivity index (χ1v) is 13.0. The maximum Gasteiger partial charge on any atom is 0.408 e. The van der Waals surface area contributed by atoms with Gasteiger partial charge in [-0.2, -0.15) is 4.98 Å². The van der Waals surface area contributed by atoms with Crippen molar-refractivity contribution in [1.82, 2.24) is 25.2 Å². The smallest absolute Gasteiger partial charge is 0.408 e. The number of pyridine rings is 1. The van der Waals surface area contributed by atoms with Crippen molar-refractivity contribution in [3.63, 3.8) is 0 Å². The van der Waals surface area contributed by atoms with Crippen molar-refractivity contribution < 1.29 is 27.5 Å². The summed E-state index contributed by atoms with van der Waals surface area (Å²) >= 11 is 0. The number of carbonyl (C=O) groups is 2. The number of para-hydroxylation sites is 1. The fourth-order valence-electron chi connectivity index (χ4n) is 4.12. The third-order valence-electron chi connectivity index (χ3n) is 5.88. The lowest BCUT2D eigenvalue weighted by atomic mass is 10.0. The van der Waals surface area contributed by atoms with Gasteiger partial charge in [0.1, 0.15) is 28.7 Å². The first-order chi connectivity index (χ1) is 19.8. The standard InChI is InChI=1S/C29H29F3N6O4/c1-16-14-17(30)8-9-18(16)24-19-10-11-23(40)38(25-20(31)6-5-7-21(25)32)26(19)37-27(36-24)34-13-12-33-22(39)15-35-28(41)42-29(2,3)4/h5-11,14H,12-13,15H2,1-4H3,(H,33,39)(H,35,41)(H,34,36,37). The Labute approximate surface area is 238 Å². The van der Waals surface area contributed by atoms with E-state index in [1.54, 1.807) is 27.7 Å². The van der Waals surface area contributed by atoms with Gasteiger partial charge in [0.05, 0.1) is 12.2 Å². The minimum Gasteiger partial charge on any atom is -0.444 e. The molecular formula is C29H29F3N6O4. The van der Waals surface area contributed by atoms with E-state index in [0.29, 0.717) is 16.5 Å². The van der Waals surface area contributed by atoms with Crippen molar-refractivity contribution in [3.05, 3.63) is 81.9 Å². The second-order valence-electron chi connectivity index (χ2n) is 10.3. The number of anilines is 1. The van der Waals surface area contributed by atoms with Crippen LogP contribution < -0.4 is 21.5 Å². The summed E-state index contributed by atoms with van der Waals surface area (Å²) in [7, 11) is 0. The molecule has 4 rings (SSSR count). The Bertz CT molecular complexity index is 1700. The summed E-state index contributed by atoms with van der Waals surface area (Å²) in [4.78, 5) is 45.7. The van der Waals surface area contributed by atoms with Gasteiger partial charge in [-0.15, -0.1) is 0 Å². The normalized spacial score (nSPS) is 11.3. The third kappa shape index (κ3) is 7.03. The van der Waals surface area contributed by atoms with Crippen molar-refractivity contribution in [2.75, 3.05) is 25.0 Å². The van der Waals surface area contributed by atoms with Crippen molar-refractivity contribution in [2.24, 2.45) is 0 Å². The summed E-state index contributed by atoms with van der Waals surface area (Å²) in [6, 6.07) is 9.87. The van der Waals surface area contributed by atoms with Gasteiger partial charge in [-0.3, -0.25) is 14.2 Å². The molecule has 0 saturated carbocycles. The van der Waals surface area contributed by atoms with E-state index in [1.807, 2.05) is 0 Å². The number of benzene rings is 2. The summed E-state index contributed by atoms with van der Waals surface area (Å²) in [6.07, 6.45) is -0.735. The number of hydrogen-bond donors (Lipinski definition) is 3. The van der Waals surface area contributed by atoms with Crippen LogP contribution in [-0.2, 0) is 9.53 Å². The fourth-order valence-corrected chi connectivity index (χ4v) is 4.12. The van der Waals surface area contributed by atoms with E-state index in [4.69, 9.17) is 4.74 Å². The lowest BCUT2D eigenvalue weighted by Gasteiger charge is -2.19. The van der Waals surface area contributed by atoms with Crippen LogP contribution in [0.4, 0.5) is 23.9 Å². The molecule has 0 aliphatic rings. The number of nitrogens with zero attached hydrogens (tertiary/aromatic N) is 3. The lowest BCUT2D eigenvalue weighted by Crippen LogP contribution is -2.40. The first-order valence-electron chi connectivity index (χ1n) is 13.0. The number of aromatic nitrogens is 3. The molecule has 2 aromatic heterocycles. The molecule has 2 aromatic carbocycles. The lowest BCUT2D eigenvalue weighted by molar-refractivity contribution is -0.120. The quantitative estimate of drug-likeness (QED) is 0.266. The van der Waals surface area contributed by atoms with Crippen LogP contribution in [0.15, 0.2) is 53.3 Å². The molecule has 0 bridgehead atoms. The zero-order chi connectivity index (χ0) is 30.6. The maximum absolute atomic E-state index is 14.8. The predicted octanol–water partition coefficient (Wildman–Crippen LogP) is 4.23. The van der Waals surface area contributed by atoms with Crippen LogP contribution in [-0.4, -0.2) is 51.8 Å². The highest BCUT2D eigenvalue weighted by atomic mass is 19.1. The van der Waals surface area contributed by atoms with E-state index in [1.165, 1.54) is 30.3 Å². The number of fused-ring (bicyclic) bond motifs is 1. The Hall–Kier alpha value is -4.94. The molecule has 2 amide bonds. The van der Waals surface area contributed by atoms with E-state index in [9.17, 15) is 27.6 Å². The van der Waals surface area contributed by atoms with Gasteiger partial charge in [0.2, 0.25) is 11.9 Å². The van der Waals surface area contributed by atoms with Gasteiger partial charge < -0.3 is 20.7 Å². The first kappa shape index (κ1) is 30.0. The summed E-state index contributed by atoms with van der Waals surface area (Å²) in [5.41, 5.74) is -0.817. The number of amides is 2. The van der Waals surface area contributed by atoms with Gasteiger partial charge in [-0.05, 0) is 69.7 Å². The Balaban J connectivity index is 1.64. The number of halogens is 3. The minimum absolute atomic E-state index is 0.0153. The number of nitrogens with one attached hydrogen (secondary N) is 3. The fraction of sp³-hybridized carbons (Fsp3) is 0.276. The van der Waals surface area contributed by atoms with Crippen molar-refractivity contribution in [2.45, 2.75) is 33.3 Å². The highest BCUT2D eigenvalue weighted by Crippen LogP contribution is 2.31. The van der Waals surface area contributed by atoms with Crippen molar-refractivity contribution in [1.29, 1.82) is 0 Å². The van der Waals surface area contributed by atoms with E-state index in [0.717, 1.165) is 22.8 Å². The van der Waals surface area contributed by atoms with Gasteiger partial charge in [-0.1, -0.05) is 6.07 Å². The molecule has 2 heterocycles. The molecule has 0 unspecified atom stereocenters. The predicted molar refractivity (Wildman–Crippen MR) is 151 cm³/mol. The van der Waals surface area contributed by atoms with Crippen LogP contribution in [0, 0.1) is 24.4 Å². The molecule has 10 nitrogen and oxygen atoms in total.